The first-order chi connectivity index (χ1) is 6.34. The third-order valence-electron chi connectivity index (χ3n) is 1.40. The molecule has 0 bridgehead atoms. The molecule has 66 valence electrons. The third kappa shape index (κ3) is 1.94. The summed E-state index contributed by atoms with van der Waals surface area (Å²) in [5, 5.41) is 9.89. The highest BCUT2D eigenvalue weighted by Gasteiger charge is 1.97. The van der Waals surface area contributed by atoms with Crippen LogP contribution in [0.5, 0.6) is 0 Å². The van der Waals surface area contributed by atoms with Crippen molar-refractivity contribution in [1.82, 2.24) is 20.2 Å². The Bertz CT molecular complexity index is 386. The smallest absolute Gasteiger partial charge is 0.136 e. The Morgan fingerprint density at radius 1 is 1.38 bits per heavy atom. The van der Waals surface area contributed by atoms with Crippen molar-refractivity contribution < 1.29 is 0 Å². The molecule has 0 atom stereocenters. The second-order valence-electron chi connectivity index (χ2n) is 2.32. The molecule has 0 saturated heterocycles. The highest BCUT2D eigenvalue weighted by atomic mass is 35.5. The Hall–Kier alpha value is -1.62. The zero-order chi connectivity index (χ0) is 9.10. The SMILES string of the molecule is Clc1cc(Nc2ccn[nH]2)ncn1. The molecule has 6 heteroatoms. The summed E-state index contributed by atoms with van der Waals surface area (Å²) in [6.07, 6.45) is 3.03. The van der Waals surface area contributed by atoms with E-state index in [1.807, 2.05) is 0 Å². The van der Waals surface area contributed by atoms with Gasteiger partial charge in [0, 0.05) is 12.1 Å². The number of halogens is 1. The van der Waals surface area contributed by atoms with Crippen molar-refractivity contribution >= 4 is 23.2 Å². The van der Waals surface area contributed by atoms with Crippen LogP contribution in [0.15, 0.2) is 24.7 Å². The Kier molecular flexibility index (Phi) is 2.09. The molecule has 0 saturated carbocycles. The van der Waals surface area contributed by atoms with Crippen LogP contribution in [-0.2, 0) is 0 Å². The van der Waals surface area contributed by atoms with Gasteiger partial charge in [0.25, 0.3) is 0 Å². The molecule has 0 aliphatic rings. The molecule has 2 N–H and O–H groups in total. The number of anilines is 2. The number of hydrogen-bond donors (Lipinski definition) is 2. The molecule has 0 fully saturated rings. The number of hydrogen-bond acceptors (Lipinski definition) is 4. The maximum atomic E-state index is 5.67. The summed E-state index contributed by atoms with van der Waals surface area (Å²) in [5.74, 6) is 1.39. The average Bonchev–Trinajstić information content (AvgIpc) is 2.57. The summed E-state index contributed by atoms with van der Waals surface area (Å²) < 4.78 is 0. The lowest BCUT2D eigenvalue weighted by Crippen LogP contribution is -1.94. The van der Waals surface area contributed by atoms with Crippen LogP contribution in [0.4, 0.5) is 11.6 Å². The van der Waals surface area contributed by atoms with Crippen molar-refractivity contribution in [1.29, 1.82) is 0 Å². The van der Waals surface area contributed by atoms with Gasteiger partial charge in [-0.2, -0.15) is 5.10 Å². The van der Waals surface area contributed by atoms with E-state index in [4.69, 9.17) is 11.6 Å². The second-order valence-corrected chi connectivity index (χ2v) is 2.71. The second kappa shape index (κ2) is 3.40. The van der Waals surface area contributed by atoms with Gasteiger partial charge < -0.3 is 5.32 Å². The normalized spacial score (nSPS) is 9.92. The monoisotopic (exact) mass is 195 g/mol. The van der Waals surface area contributed by atoms with Gasteiger partial charge in [-0.25, -0.2) is 9.97 Å². The summed E-state index contributed by atoms with van der Waals surface area (Å²) in [6, 6.07) is 3.42. The highest BCUT2D eigenvalue weighted by molar-refractivity contribution is 6.29. The van der Waals surface area contributed by atoms with E-state index in [2.05, 4.69) is 25.5 Å². The Labute approximate surface area is 79.2 Å². The first-order valence-electron chi connectivity index (χ1n) is 3.58. The number of nitrogens with one attached hydrogen (secondary N) is 2. The van der Waals surface area contributed by atoms with Crippen molar-refractivity contribution in [2.24, 2.45) is 0 Å². The lowest BCUT2D eigenvalue weighted by molar-refractivity contribution is 1.08. The van der Waals surface area contributed by atoms with Gasteiger partial charge >= 0.3 is 0 Å². The van der Waals surface area contributed by atoms with Gasteiger partial charge in [0.2, 0.25) is 0 Å². The lowest BCUT2D eigenvalue weighted by Gasteiger charge is -2.00. The summed E-state index contributed by atoms with van der Waals surface area (Å²) in [4.78, 5) is 7.72. The topological polar surface area (TPSA) is 66.5 Å². The maximum absolute atomic E-state index is 5.67. The van der Waals surface area contributed by atoms with Crippen molar-refractivity contribution in [3.8, 4) is 0 Å². The zero-order valence-electron chi connectivity index (χ0n) is 6.53. The quantitative estimate of drug-likeness (QED) is 0.715. The fourth-order valence-electron chi connectivity index (χ4n) is 0.865. The van der Waals surface area contributed by atoms with Crippen LogP contribution in [0.2, 0.25) is 5.15 Å². The van der Waals surface area contributed by atoms with E-state index in [0.29, 0.717) is 11.0 Å². The van der Waals surface area contributed by atoms with E-state index >= 15 is 0 Å². The molecule has 0 aromatic carbocycles. The molecule has 0 amide bonds. The molecule has 2 heterocycles. The fraction of sp³-hybridized carbons (Fsp3) is 0. The fourth-order valence-corrected chi connectivity index (χ4v) is 1.01. The molecule has 2 aromatic heterocycles. The van der Waals surface area contributed by atoms with Crippen LogP contribution in [0.1, 0.15) is 0 Å². The van der Waals surface area contributed by atoms with Gasteiger partial charge in [-0.1, -0.05) is 11.6 Å². The van der Waals surface area contributed by atoms with Gasteiger partial charge in [-0.05, 0) is 0 Å². The molecule has 2 rings (SSSR count). The van der Waals surface area contributed by atoms with Gasteiger partial charge in [0.1, 0.15) is 23.1 Å². The van der Waals surface area contributed by atoms with Gasteiger partial charge in [0.15, 0.2) is 0 Å². The van der Waals surface area contributed by atoms with Crippen LogP contribution in [0.25, 0.3) is 0 Å². The molecule has 0 radical (unpaired) electrons. The third-order valence-corrected chi connectivity index (χ3v) is 1.60. The average molecular weight is 196 g/mol. The van der Waals surface area contributed by atoms with Crippen LogP contribution < -0.4 is 5.32 Å². The van der Waals surface area contributed by atoms with Gasteiger partial charge in [0.05, 0.1) is 6.20 Å². The maximum Gasteiger partial charge on any atom is 0.136 e. The van der Waals surface area contributed by atoms with Crippen LogP contribution in [-0.4, -0.2) is 20.2 Å². The summed E-state index contributed by atoms with van der Waals surface area (Å²) in [6.45, 7) is 0. The van der Waals surface area contributed by atoms with Gasteiger partial charge in [-0.3, -0.25) is 5.10 Å². The first kappa shape index (κ1) is 8.00. The Balaban J connectivity index is 2.19. The zero-order valence-corrected chi connectivity index (χ0v) is 7.28. The molecule has 13 heavy (non-hydrogen) atoms. The van der Waals surface area contributed by atoms with E-state index < -0.39 is 0 Å². The van der Waals surface area contributed by atoms with E-state index in [-0.39, 0.29) is 0 Å². The Morgan fingerprint density at radius 3 is 3.00 bits per heavy atom. The summed E-state index contributed by atoms with van der Waals surface area (Å²) >= 11 is 5.67. The number of rotatable bonds is 2. The molecule has 2 aromatic rings. The minimum atomic E-state index is 0.400. The van der Waals surface area contributed by atoms with E-state index in [0.717, 1.165) is 5.82 Å². The van der Waals surface area contributed by atoms with Crippen molar-refractivity contribution in [2.45, 2.75) is 0 Å². The lowest BCUT2D eigenvalue weighted by atomic mass is 10.5. The molecule has 0 unspecified atom stereocenters. The van der Waals surface area contributed by atoms with E-state index in [1.165, 1.54) is 6.33 Å². The van der Waals surface area contributed by atoms with Crippen molar-refractivity contribution in [2.75, 3.05) is 5.32 Å². The van der Waals surface area contributed by atoms with Crippen LogP contribution in [0.3, 0.4) is 0 Å². The highest BCUT2D eigenvalue weighted by Crippen LogP contribution is 2.12. The van der Waals surface area contributed by atoms with Crippen LogP contribution >= 0.6 is 11.6 Å². The standard InChI is InChI=1S/C7H6ClN5/c8-5-3-7(10-4-9-5)12-6-1-2-11-13-6/h1-4H,(H2,9,10,11,12,13). The minimum Gasteiger partial charge on any atom is -0.325 e. The predicted molar refractivity (Wildman–Crippen MR) is 48.9 cm³/mol. The number of aromatic amines is 1. The number of H-pyrrole nitrogens is 1. The molecule has 0 spiro atoms. The molecule has 0 aliphatic heterocycles. The first-order valence-corrected chi connectivity index (χ1v) is 3.96. The molecule has 5 nitrogen and oxygen atoms in total. The minimum absolute atomic E-state index is 0.400. The van der Waals surface area contributed by atoms with E-state index in [1.54, 1.807) is 18.3 Å². The number of nitrogens with zero attached hydrogens (tertiary/aromatic N) is 3. The summed E-state index contributed by atoms with van der Waals surface area (Å²) in [7, 11) is 0. The summed E-state index contributed by atoms with van der Waals surface area (Å²) in [5.41, 5.74) is 0. The Morgan fingerprint density at radius 2 is 2.31 bits per heavy atom. The van der Waals surface area contributed by atoms with Crippen LogP contribution in [0, 0.1) is 0 Å². The molecular weight excluding hydrogens is 190 g/mol. The van der Waals surface area contributed by atoms with E-state index in [9.17, 15) is 0 Å². The van der Waals surface area contributed by atoms with Crippen molar-refractivity contribution in [3.05, 3.63) is 29.8 Å². The largest absolute Gasteiger partial charge is 0.325 e. The predicted octanol–water partition coefficient (Wildman–Crippen LogP) is 1.60. The number of aromatic nitrogens is 4. The molecule has 0 aliphatic carbocycles. The molecular formula is C7H6ClN5. The van der Waals surface area contributed by atoms with Crippen molar-refractivity contribution in [3.63, 3.8) is 0 Å². The van der Waals surface area contributed by atoms with Gasteiger partial charge in [-0.15, -0.1) is 0 Å².